The van der Waals surface area contributed by atoms with Gasteiger partial charge in [-0.3, -0.25) is 0 Å². The zero-order valence-electron chi connectivity index (χ0n) is 14.2. The lowest BCUT2D eigenvalue weighted by Crippen LogP contribution is -2.48. The van der Waals surface area contributed by atoms with Gasteiger partial charge in [0.1, 0.15) is 25.9 Å². The van der Waals surface area contributed by atoms with Crippen LogP contribution in [0, 0.1) is 17.4 Å². The van der Waals surface area contributed by atoms with Gasteiger partial charge in [0.05, 0.1) is 0 Å². The molecule has 5 atom stereocenters. The molecular weight excluding hydrogens is 284 g/mol. The van der Waals surface area contributed by atoms with Crippen molar-refractivity contribution in [1.29, 1.82) is 0 Å². The van der Waals surface area contributed by atoms with Crippen molar-refractivity contribution < 1.29 is 19.3 Å². The molecule has 2 aliphatic heterocycles. The Balaban J connectivity index is 2.22. The topological polar surface area (TPSA) is 47.9 Å². The Bertz CT molecular complexity index is 459. The summed E-state index contributed by atoms with van der Waals surface area (Å²) in [6.45, 7) is 14.3. The zero-order valence-corrected chi connectivity index (χ0v) is 15.2. The quantitative estimate of drug-likeness (QED) is 0.629. The Morgan fingerprint density at radius 1 is 1.19 bits per heavy atom. The minimum Gasteiger partial charge on any atom is -0.377 e. The van der Waals surface area contributed by atoms with Gasteiger partial charge in [-0.15, -0.1) is 5.54 Å². The van der Waals surface area contributed by atoms with Crippen LogP contribution in [-0.2, 0) is 14.2 Å². The second-order valence-corrected chi connectivity index (χ2v) is 12.4. The molecule has 2 aliphatic rings. The maximum atomic E-state index is 10.6. The number of rotatable bonds is 2. The highest BCUT2D eigenvalue weighted by Crippen LogP contribution is 2.48. The van der Waals surface area contributed by atoms with Crippen LogP contribution in [0.2, 0.25) is 19.6 Å². The number of fused-ring (bicyclic) bond motifs is 1. The van der Waals surface area contributed by atoms with E-state index in [0.717, 1.165) is 0 Å². The first-order valence-corrected chi connectivity index (χ1v) is 11.2. The molecule has 21 heavy (non-hydrogen) atoms. The van der Waals surface area contributed by atoms with Crippen LogP contribution in [-0.4, -0.2) is 43.1 Å². The van der Waals surface area contributed by atoms with Gasteiger partial charge in [-0.1, -0.05) is 39.4 Å². The molecule has 2 saturated heterocycles. The van der Waals surface area contributed by atoms with E-state index in [1.54, 1.807) is 0 Å². The molecule has 0 amide bonds. The zero-order chi connectivity index (χ0) is 16.1. The SMILES string of the molecule is CC[C@]1(C(O)C#C[Si](C)(C)C)O[C@@H]2OC(C)(C)O[C@@H]2[C@H]1C. The monoisotopic (exact) mass is 312 g/mol. The van der Waals surface area contributed by atoms with E-state index in [1.165, 1.54) is 0 Å². The van der Waals surface area contributed by atoms with E-state index in [-0.39, 0.29) is 12.0 Å². The normalized spacial score (nSPS) is 39.5. The highest BCUT2D eigenvalue weighted by Gasteiger charge is 2.61. The van der Waals surface area contributed by atoms with Crippen LogP contribution in [0.1, 0.15) is 34.1 Å². The summed E-state index contributed by atoms with van der Waals surface area (Å²) in [4.78, 5) is 0. The first-order valence-electron chi connectivity index (χ1n) is 7.75. The summed E-state index contributed by atoms with van der Waals surface area (Å²) in [5.41, 5.74) is 2.53. The maximum Gasteiger partial charge on any atom is 0.188 e. The van der Waals surface area contributed by atoms with Gasteiger partial charge < -0.3 is 19.3 Å². The summed E-state index contributed by atoms with van der Waals surface area (Å²) >= 11 is 0. The van der Waals surface area contributed by atoms with Crippen LogP contribution in [0.15, 0.2) is 0 Å². The number of ether oxygens (including phenoxy) is 3. The van der Waals surface area contributed by atoms with Crippen molar-refractivity contribution in [2.24, 2.45) is 5.92 Å². The molecule has 2 fully saturated rings. The second kappa shape index (κ2) is 5.36. The van der Waals surface area contributed by atoms with Crippen molar-refractivity contribution >= 4 is 8.07 Å². The van der Waals surface area contributed by atoms with Gasteiger partial charge in [-0.25, -0.2) is 0 Å². The molecule has 0 aliphatic carbocycles. The van der Waals surface area contributed by atoms with E-state index in [0.29, 0.717) is 6.42 Å². The van der Waals surface area contributed by atoms with Gasteiger partial charge in [0.25, 0.3) is 0 Å². The van der Waals surface area contributed by atoms with Crippen molar-refractivity contribution in [2.45, 2.75) is 83.6 Å². The molecule has 1 unspecified atom stereocenters. The van der Waals surface area contributed by atoms with Crippen LogP contribution in [0.25, 0.3) is 0 Å². The van der Waals surface area contributed by atoms with E-state index >= 15 is 0 Å². The lowest BCUT2D eigenvalue weighted by molar-refractivity contribution is -0.245. The molecule has 120 valence electrons. The summed E-state index contributed by atoms with van der Waals surface area (Å²) in [6.07, 6.45) is -0.706. The minimum atomic E-state index is -1.53. The highest BCUT2D eigenvalue weighted by molar-refractivity contribution is 6.83. The number of aliphatic hydroxyl groups is 1. The van der Waals surface area contributed by atoms with E-state index in [1.807, 2.05) is 20.8 Å². The van der Waals surface area contributed by atoms with Crippen LogP contribution in [0.5, 0.6) is 0 Å². The molecule has 0 radical (unpaired) electrons. The smallest absolute Gasteiger partial charge is 0.188 e. The molecule has 5 heteroatoms. The van der Waals surface area contributed by atoms with Crippen LogP contribution < -0.4 is 0 Å². The second-order valence-electron chi connectivity index (χ2n) is 7.61. The summed E-state index contributed by atoms with van der Waals surface area (Å²) in [7, 11) is -1.53. The summed E-state index contributed by atoms with van der Waals surface area (Å²) in [6, 6.07) is 0. The summed E-state index contributed by atoms with van der Waals surface area (Å²) in [5.74, 6) is 2.43. The van der Waals surface area contributed by atoms with Crippen molar-refractivity contribution in [3.8, 4) is 11.5 Å². The average Bonchev–Trinajstić information content (AvgIpc) is 2.78. The Hall–Kier alpha value is -0.383. The Morgan fingerprint density at radius 3 is 2.29 bits per heavy atom. The Morgan fingerprint density at radius 2 is 1.81 bits per heavy atom. The molecule has 0 aromatic carbocycles. The van der Waals surface area contributed by atoms with Crippen molar-refractivity contribution in [2.75, 3.05) is 0 Å². The highest BCUT2D eigenvalue weighted by atomic mass is 28.3. The Labute approximate surface area is 129 Å². The molecular formula is C16H28O4Si. The molecule has 0 bridgehead atoms. The fourth-order valence-electron chi connectivity index (χ4n) is 3.11. The molecule has 1 N–H and O–H groups in total. The van der Waals surface area contributed by atoms with E-state index in [2.05, 4.69) is 38.0 Å². The van der Waals surface area contributed by atoms with Gasteiger partial charge in [0, 0.05) is 5.92 Å². The molecule has 2 rings (SSSR count). The fraction of sp³-hybridized carbons (Fsp3) is 0.875. The first-order chi connectivity index (χ1) is 9.51. The predicted octanol–water partition coefficient (Wildman–Crippen LogP) is 2.52. The molecule has 0 aromatic rings. The third-order valence-corrected chi connectivity index (χ3v) is 5.18. The molecule has 4 nitrogen and oxygen atoms in total. The molecule has 0 spiro atoms. The lowest BCUT2D eigenvalue weighted by atomic mass is 9.80. The van der Waals surface area contributed by atoms with E-state index in [9.17, 15) is 5.11 Å². The van der Waals surface area contributed by atoms with Gasteiger partial charge in [0.15, 0.2) is 12.1 Å². The molecule has 2 heterocycles. The number of hydrogen-bond donors (Lipinski definition) is 1. The standard InChI is InChI=1S/C16H28O4Si/c1-8-16(12(17)9-10-21(5,6)7)11(2)13-14(20-16)19-15(3,4)18-13/h11-14,17H,8H2,1-7H3/t11-,12?,13-,14+,16+/m1/s1. The summed E-state index contributed by atoms with van der Waals surface area (Å²) in [5, 5.41) is 10.6. The van der Waals surface area contributed by atoms with Gasteiger partial charge in [-0.2, -0.15) is 0 Å². The largest absolute Gasteiger partial charge is 0.377 e. The minimum absolute atomic E-state index is 0.0280. The van der Waals surface area contributed by atoms with Crippen LogP contribution in [0.3, 0.4) is 0 Å². The lowest BCUT2D eigenvalue weighted by Gasteiger charge is -2.36. The van der Waals surface area contributed by atoms with Gasteiger partial charge in [0.2, 0.25) is 0 Å². The first kappa shape index (κ1) is 17.0. The van der Waals surface area contributed by atoms with Gasteiger partial charge in [-0.05, 0) is 20.3 Å². The Kier molecular flexibility index (Phi) is 4.33. The van der Waals surface area contributed by atoms with Crippen LogP contribution >= 0.6 is 0 Å². The van der Waals surface area contributed by atoms with Crippen molar-refractivity contribution in [1.82, 2.24) is 0 Å². The predicted molar refractivity (Wildman–Crippen MR) is 84.2 cm³/mol. The summed E-state index contributed by atoms with van der Waals surface area (Å²) < 4.78 is 17.9. The fourth-order valence-corrected chi connectivity index (χ4v) is 3.68. The molecule has 0 saturated carbocycles. The average molecular weight is 312 g/mol. The number of hydrogen-bond acceptors (Lipinski definition) is 4. The number of aliphatic hydroxyl groups excluding tert-OH is 1. The van der Waals surface area contributed by atoms with E-state index < -0.39 is 31.9 Å². The van der Waals surface area contributed by atoms with Gasteiger partial charge >= 0.3 is 0 Å². The third-order valence-electron chi connectivity index (χ3n) is 4.29. The third kappa shape index (κ3) is 3.20. The van der Waals surface area contributed by atoms with E-state index in [4.69, 9.17) is 14.2 Å². The van der Waals surface area contributed by atoms with Crippen molar-refractivity contribution in [3.63, 3.8) is 0 Å². The molecule has 0 aromatic heterocycles. The van der Waals surface area contributed by atoms with Crippen LogP contribution in [0.4, 0.5) is 0 Å². The van der Waals surface area contributed by atoms with Crippen molar-refractivity contribution in [3.05, 3.63) is 0 Å². The maximum absolute atomic E-state index is 10.6.